The maximum atomic E-state index is 12.3. The number of ketones is 1. The Labute approximate surface area is 120 Å². The van der Waals surface area contributed by atoms with Gasteiger partial charge in [0.1, 0.15) is 11.5 Å². The number of ether oxygens (including phenoxy) is 1. The van der Waals surface area contributed by atoms with Crippen molar-refractivity contribution in [3.63, 3.8) is 0 Å². The Kier molecular flexibility index (Phi) is 4.92. The van der Waals surface area contributed by atoms with E-state index in [2.05, 4.69) is 0 Å². The minimum Gasteiger partial charge on any atom is -0.459 e. The molecule has 0 bridgehead atoms. The fraction of sp³-hybridized carbons (Fsp3) is 0.625. The summed E-state index contributed by atoms with van der Waals surface area (Å²) in [6.07, 6.45) is 5.69. The summed E-state index contributed by atoms with van der Waals surface area (Å²) in [6, 6.07) is 0. The van der Waals surface area contributed by atoms with Crippen LogP contribution in [0, 0.1) is 5.92 Å². The summed E-state index contributed by atoms with van der Waals surface area (Å²) >= 11 is 0. The quantitative estimate of drug-likeness (QED) is 0.786. The first kappa shape index (κ1) is 16.6. The van der Waals surface area contributed by atoms with Crippen LogP contribution in [0.3, 0.4) is 0 Å². The molecule has 0 aliphatic heterocycles. The van der Waals surface area contributed by atoms with Crippen molar-refractivity contribution >= 4 is 11.8 Å². The van der Waals surface area contributed by atoms with E-state index in [4.69, 9.17) is 4.74 Å². The minimum absolute atomic E-state index is 0.163. The summed E-state index contributed by atoms with van der Waals surface area (Å²) in [7, 11) is 0. The van der Waals surface area contributed by atoms with Crippen molar-refractivity contribution in [3.05, 3.63) is 23.8 Å². The standard InChI is InChI=1S/C16H24O4/c1-6-13(17)16(19)11(3)9-8-10-12(16)14(18)20-15(4,5)7-2/h8-10,12,19H,6-7H2,1-5H3. The van der Waals surface area contributed by atoms with Crippen LogP contribution in [-0.4, -0.2) is 28.1 Å². The molecule has 0 aromatic heterocycles. The van der Waals surface area contributed by atoms with Gasteiger partial charge in [0, 0.05) is 6.42 Å². The first-order chi connectivity index (χ1) is 9.19. The van der Waals surface area contributed by atoms with Crippen molar-refractivity contribution in [1.29, 1.82) is 0 Å². The van der Waals surface area contributed by atoms with Crippen molar-refractivity contribution in [2.45, 2.75) is 58.7 Å². The molecule has 0 spiro atoms. The molecule has 0 radical (unpaired) electrons. The third-order valence-corrected chi connectivity index (χ3v) is 3.93. The monoisotopic (exact) mass is 280 g/mol. The van der Waals surface area contributed by atoms with Crippen molar-refractivity contribution in [2.24, 2.45) is 5.92 Å². The fourth-order valence-corrected chi connectivity index (χ4v) is 2.14. The van der Waals surface area contributed by atoms with Gasteiger partial charge in [-0.3, -0.25) is 9.59 Å². The molecule has 0 saturated heterocycles. The molecule has 2 unspecified atom stereocenters. The van der Waals surface area contributed by atoms with Crippen molar-refractivity contribution in [2.75, 3.05) is 0 Å². The number of rotatable bonds is 5. The van der Waals surface area contributed by atoms with Gasteiger partial charge >= 0.3 is 5.97 Å². The number of aliphatic hydroxyl groups is 1. The highest BCUT2D eigenvalue weighted by Gasteiger charge is 2.49. The Bertz CT molecular complexity index is 459. The van der Waals surface area contributed by atoms with Gasteiger partial charge in [-0.15, -0.1) is 0 Å². The largest absolute Gasteiger partial charge is 0.459 e. The lowest BCUT2D eigenvalue weighted by Crippen LogP contribution is -2.51. The topological polar surface area (TPSA) is 63.6 Å². The Morgan fingerprint density at radius 3 is 2.50 bits per heavy atom. The van der Waals surface area contributed by atoms with E-state index in [0.717, 1.165) is 0 Å². The van der Waals surface area contributed by atoms with Crippen LogP contribution in [0.4, 0.5) is 0 Å². The fourth-order valence-electron chi connectivity index (χ4n) is 2.14. The Morgan fingerprint density at radius 2 is 2.00 bits per heavy atom. The summed E-state index contributed by atoms with van der Waals surface area (Å²) in [5.41, 5.74) is -1.93. The Balaban J connectivity index is 3.09. The lowest BCUT2D eigenvalue weighted by Gasteiger charge is -2.36. The van der Waals surface area contributed by atoms with E-state index < -0.39 is 23.1 Å². The maximum absolute atomic E-state index is 12.3. The van der Waals surface area contributed by atoms with E-state index >= 15 is 0 Å². The number of allylic oxidation sites excluding steroid dienone is 2. The minimum atomic E-state index is -1.79. The molecule has 2 atom stereocenters. The third kappa shape index (κ3) is 3.01. The second-order valence-corrected chi connectivity index (χ2v) is 5.79. The lowest BCUT2D eigenvalue weighted by atomic mass is 9.74. The van der Waals surface area contributed by atoms with Gasteiger partial charge in [0.05, 0.1) is 0 Å². The number of carbonyl (C=O) groups excluding carboxylic acids is 2. The molecule has 4 nitrogen and oxygen atoms in total. The van der Waals surface area contributed by atoms with Crippen LogP contribution in [0.25, 0.3) is 0 Å². The molecule has 0 fully saturated rings. The molecule has 20 heavy (non-hydrogen) atoms. The first-order valence-electron chi connectivity index (χ1n) is 7.03. The van der Waals surface area contributed by atoms with Gasteiger partial charge < -0.3 is 9.84 Å². The van der Waals surface area contributed by atoms with Gasteiger partial charge in [-0.05, 0) is 32.8 Å². The molecule has 1 N–H and O–H groups in total. The highest BCUT2D eigenvalue weighted by molar-refractivity contribution is 5.96. The summed E-state index contributed by atoms with van der Waals surface area (Å²) in [5.74, 6) is -1.91. The molecule has 0 heterocycles. The smallest absolute Gasteiger partial charge is 0.317 e. The van der Waals surface area contributed by atoms with Gasteiger partial charge in [0.15, 0.2) is 11.4 Å². The van der Waals surface area contributed by atoms with Gasteiger partial charge in [0.25, 0.3) is 0 Å². The molecule has 0 aromatic carbocycles. The second-order valence-electron chi connectivity index (χ2n) is 5.79. The van der Waals surface area contributed by atoms with Gasteiger partial charge in [-0.25, -0.2) is 0 Å². The van der Waals surface area contributed by atoms with Crippen LogP contribution >= 0.6 is 0 Å². The van der Waals surface area contributed by atoms with Crippen LogP contribution in [-0.2, 0) is 14.3 Å². The summed E-state index contributed by atoms with van der Waals surface area (Å²) in [6.45, 7) is 8.85. The molecule has 0 aromatic rings. The van der Waals surface area contributed by atoms with E-state index in [-0.39, 0.29) is 12.2 Å². The van der Waals surface area contributed by atoms with Gasteiger partial charge in [0.2, 0.25) is 0 Å². The number of esters is 1. The average Bonchev–Trinajstić information content (AvgIpc) is 2.40. The molecule has 4 heteroatoms. The number of hydrogen-bond donors (Lipinski definition) is 1. The Morgan fingerprint density at radius 1 is 1.40 bits per heavy atom. The van der Waals surface area contributed by atoms with Crippen LogP contribution < -0.4 is 0 Å². The van der Waals surface area contributed by atoms with Crippen molar-refractivity contribution < 1.29 is 19.4 Å². The molecule has 1 aliphatic rings. The zero-order chi connectivity index (χ0) is 15.6. The zero-order valence-corrected chi connectivity index (χ0v) is 12.9. The number of Topliss-reactive ketones (excluding diaryl/α,β-unsaturated/α-hetero) is 1. The third-order valence-electron chi connectivity index (χ3n) is 3.93. The van der Waals surface area contributed by atoms with Crippen LogP contribution in [0.15, 0.2) is 23.8 Å². The molecular formula is C16H24O4. The summed E-state index contributed by atoms with van der Waals surface area (Å²) < 4.78 is 5.44. The van der Waals surface area contributed by atoms with Gasteiger partial charge in [-0.2, -0.15) is 0 Å². The van der Waals surface area contributed by atoms with Crippen LogP contribution in [0.2, 0.25) is 0 Å². The SMILES string of the molecule is CCC(=O)C1(O)C(C)=CC=CC1C(=O)OC(C)(C)CC. The predicted molar refractivity (Wildman–Crippen MR) is 77.1 cm³/mol. The van der Waals surface area contributed by atoms with E-state index in [0.29, 0.717) is 12.0 Å². The molecular weight excluding hydrogens is 256 g/mol. The van der Waals surface area contributed by atoms with Crippen molar-refractivity contribution in [3.8, 4) is 0 Å². The van der Waals surface area contributed by atoms with E-state index in [1.54, 1.807) is 39.8 Å². The second kappa shape index (κ2) is 5.92. The lowest BCUT2D eigenvalue weighted by molar-refractivity contribution is -0.170. The average molecular weight is 280 g/mol. The van der Waals surface area contributed by atoms with Crippen LogP contribution in [0.5, 0.6) is 0 Å². The van der Waals surface area contributed by atoms with Gasteiger partial charge in [-0.1, -0.05) is 32.1 Å². The number of hydrogen-bond acceptors (Lipinski definition) is 4. The zero-order valence-electron chi connectivity index (χ0n) is 12.9. The molecule has 1 rings (SSSR count). The summed E-state index contributed by atoms with van der Waals surface area (Å²) in [5, 5.41) is 10.7. The normalized spacial score (nSPS) is 26.1. The predicted octanol–water partition coefficient (Wildman–Crippen LogP) is 2.56. The molecule has 1 aliphatic carbocycles. The van der Waals surface area contributed by atoms with E-state index in [9.17, 15) is 14.7 Å². The highest BCUT2D eigenvalue weighted by Crippen LogP contribution is 2.34. The van der Waals surface area contributed by atoms with Crippen LogP contribution in [0.1, 0.15) is 47.5 Å². The maximum Gasteiger partial charge on any atom is 0.317 e. The van der Waals surface area contributed by atoms with E-state index in [1.165, 1.54) is 6.08 Å². The van der Waals surface area contributed by atoms with E-state index in [1.807, 2.05) is 6.92 Å². The molecule has 0 saturated carbocycles. The molecule has 112 valence electrons. The van der Waals surface area contributed by atoms with Crippen molar-refractivity contribution in [1.82, 2.24) is 0 Å². The highest BCUT2D eigenvalue weighted by atomic mass is 16.6. The molecule has 0 amide bonds. The summed E-state index contributed by atoms with van der Waals surface area (Å²) in [4.78, 5) is 24.5. The first-order valence-corrected chi connectivity index (χ1v) is 7.03. The number of carbonyl (C=O) groups is 2. The Hall–Kier alpha value is -1.42.